The number of benzene rings is 1. The molecular formula is C22H22ClN5O2. The highest BCUT2D eigenvalue weighted by molar-refractivity contribution is 6.34. The van der Waals surface area contributed by atoms with Crippen LogP contribution < -0.4 is 5.73 Å². The molecule has 3 heterocycles. The van der Waals surface area contributed by atoms with E-state index in [9.17, 15) is 4.79 Å². The van der Waals surface area contributed by atoms with Crippen molar-refractivity contribution in [1.82, 2.24) is 19.9 Å². The molecule has 30 heavy (non-hydrogen) atoms. The number of anilines is 1. The molecule has 2 N–H and O–H groups in total. The number of nitrogens with zero attached hydrogens (tertiary/aromatic N) is 4. The number of nitrogens with two attached hydrogens (primary N) is 1. The number of rotatable bonds is 4. The van der Waals surface area contributed by atoms with Gasteiger partial charge in [-0.25, -0.2) is 15.0 Å². The molecule has 1 saturated heterocycles. The molecule has 0 unspecified atom stereocenters. The van der Waals surface area contributed by atoms with Crippen LogP contribution in [0, 0.1) is 0 Å². The van der Waals surface area contributed by atoms with Crippen molar-refractivity contribution in [2.75, 3.05) is 32.0 Å². The molecule has 4 rings (SSSR count). The van der Waals surface area contributed by atoms with Gasteiger partial charge in [0, 0.05) is 36.0 Å². The number of halogens is 1. The van der Waals surface area contributed by atoms with Gasteiger partial charge in [0.05, 0.1) is 35.2 Å². The Morgan fingerprint density at radius 3 is 2.57 bits per heavy atom. The number of nitrogen functional groups attached to an aromatic ring is 1. The summed E-state index contributed by atoms with van der Waals surface area (Å²) in [5.74, 6) is 0.360. The topological polar surface area (TPSA) is 94.2 Å². The number of carbonyl (C=O) groups excluding carboxylic acids is 1. The predicted molar refractivity (Wildman–Crippen MR) is 116 cm³/mol. The minimum absolute atomic E-state index is 0.0882. The van der Waals surface area contributed by atoms with E-state index in [1.807, 2.05) is 19.1 Å². The first kappa shape index (κ1) is 20.3. The van der Waals surface area contributed by atoms with E-state index in [1.54, 1.807) is 35.6 Å². The molecule has 1 aliphatic rings. The van der Waals surface area contributed by atoms with E-state index in [-0.39, 0.29) is 5.91 Å². The van der Waals surface area contributed by atoms with Gasteiger partial charge in [-0.05, 0) is 30.7 Å². The summed E-state index contributed by atoms with van der Waals surface area (Å²) in [6.45, 7) is 4.26. The average Bonchev–Trinajstić information content (AvgIpc) is 2.79. The third-order valence-corrected chi connectivity index (χ3v) is 5.42. The molecule has 0 bridgehead atoms. The van der Waals surface area contributed by atoms with Crippen LogP contribution in [0.4, 0.5) is 5.82 Å². The lowest BCUT2D eigenvalue weighted by Crippen LogP contribution is -2.40. The molecule has 0 atom stereocenters. The summed E-state index contributed by atoms with van der Waals surface area (Å²) in [5, 5.41) is 0.391. The van der Waals surface area contributed by atoms with Crippen molar-refractivity contribution in [1.29, 1.82) is 0 Å². The van der Waals surface area contributed by atoms with Crippen LogP contribution in [0.3, 0.4) is 0 Å². The van der Waals surface area contributed by atoms with E-state index in [0.29, 0.717) is 42.7 Å². The Morgan fingerprint density at radius 1 is 1.13 bits per heavy atom. The maximum atomic E-state index is 12.8. The highest BCUT2D eigenvalue weighted by Gasteiger charge is 2.22. The Balaban J connectivity index is 1.75. The highest BCUT2D eigenvalue weighted by Crippen LogP contribution is 2.34. The third kappa shape index (κ3) is 3.99. The van der Waals surface area contributed by atoms with Crippen molar-refractivity contribution in [2.45, 2.75) is 13.3 Å². The molecule has 3 aromatic rings. The van der Waals surface area contributed by atoms with E-state index < -0.39 is 0 Å². The van der Waals surface area contributed by atoms with Crippen LogP contribution in [0.15, 0.2) is 42.9 Å². The van der Waals surface area contributed by atoms with Crippen molar-refractivity contribution in [3.05, 3.63) is 59.1 Å². The first-order chi connectivity index (χ1) is 14.6. The number of amides is 1. The average molecular weight is 424 g/mol. The molecule has 1 aromatic carbocycles. The third-order valence-electron chi connectivity index (χ3n) is 5.11. The van der Waals surface area contributed by atoms with Crippen LogP contribution in [-0.2, 0) is 11.2 Å². The van der Waals surface area contributed by atoms with Crippen molar-refractivity contribution < 1.29 is 9.53 Å². The molecule has 154 valence electrons. The van der Waals surface area contributed by atoms with E-state index in [0.717, 1.165) is 34.5 Å². The lowest BCUT2D eigenvalue weighted by molar-refractivity contribution is 0.0303. The molecule has 0 saturated carbocycles. The number of hydrogen-bond acceptors (Lipinski definition) is 6. The van der Waals surface area contributed by atoms with Crippen LogP contribution in [0.25, 0.3) is 22.4 Å². The number of morpholine rings is 1. The summed E-state index contributed by atoms with van der Waals surface area (Å²) in [6, 6.07) is 9.07. The van der Waals surface area contributed by atoms with Crippen molar-refractivity contribution in [3.63, 3.8) is 0 Å². The van der Waals surface area contributed by atoms with Gasteiger partial charge in [-0.1, -0.05) is 24.6 Å². The van der Waals surface area contributed by atoms with E-state index in [1.165, 1.54) is 0 Å². The van der Waals surface area contributed by atoms with Crippen LogP contribution in [0.2, 0.25) is 5.02 Å². The van der Waals surface area contributed by atoms with Gasteiger partial charge in [-0.15, -0.1) is 0 Å². The largest absolute Gasteiger partial charge is 0.384 e. The molecule has 8 heteroatoms. The molecule has 2 aromatic heterocycles. The Morgan fingerprint density at radius 2 is 1.90 bits per heavy atom. The quantitative estimate of drug-likeness (QED) is 0.690. The second-order valence-corrected chi connectivity index (χ2v) is 7.38. The second kappa shape index (κ2) is 8.77. The normalized spacial score (nSPS) is 14.0. The Labute approximate surface area is 179 Å². The molecule has 0 spiro atoms. The molecule has 0 aliphatic carbocycles. The Bertz CT molecular complexity index is 1070. The van der Waals surface area contributed by atoms with Crippen molar-refractivity contribution in [3.8, 4) is 22.4 Å². The maximum absolute atomic E-state index is 12.8. The second-order valence-electron chi connectivity index (χ2n) is 6.97. The lowest BCUT2D eigenvalue weighted by atomic mass is 9.97. The fourth-order valence-electron chi connectivity index (χ4n) is 3.54. The van der Waals surface area contributed by atoms with Crippen LogP contribution in [-0.4, -0.2) is 52.1 Å². The van der Waals surface area contributed by atoms with Gasteiger partial charge in [0.1, 0.15) is 12.1 Å². The number of pyridine rings is 1. The summed E-state index contributed by atoms with van der Waals surface area (Å²) in [7, 11) is 0. The zero-order valence-electron chi connectivity index (χ0n) is 16.6. The van der Waals surface area contributed by atoms with E-state index in [4.69, 9.17) is 22.1 Å². The summed E-state index contributed by atoms with van der Waals surface area (Å²) in [4.78, 5) is 27.8. The van der Waals surface area contributed by atoms with Gasteiger partial charge in [-0.2, -0.15) is 0 Å². The van der Waals surface area contributed by atoms with Crippen molar-refractivity contribution in [2.24, 2.45) is 0 Å². The predicted octanol–water partition coefficient (Wildman–Crippen LogP) is 3.48. The van der Waals surface area contributed by atoms with Gasteiger partial charge in [0.15, 0.2) is 0 Å². The first-order valence-corrected chi connectivity index (χ1v) is 10.2. The van der Waals surface area contributed by atoms with Crippen LogP contribution in [0.1, 0.15) is 23.0 Å². The van der Waals surface area contributed by atoms with Gasteiger partial charge in [-0.3, -0.25) is 4.79 Å². The van der Waals surface area contributed by atoms with E-state index in [2.05, 4.69) is 15.0 Å². The zero-order valence-corrected chi connectivity index (χ0v) is 17.4. The highest BCUT2D eigenvalue weighted by atomic mass is 35.5. The SMILES string of the molecule is CCc1ncnc(-c2ccc(C(=O)N3CCOCC3)c(Cl)c2)c1-c1ccc(N)nc1. The lowest BCUT2D eigenvalue weighted by Gasteiger charge is -2.27. The fraction of sp³-hybridized carbons (Fsp3) is 0.273. The summed E-state index contributed by atoms with van der Waals surface area (Å²) in [5.41, 5.74) is 10.4. The summed E-state index contributed by atoms with van der Waals surface area (Å²) >= 11 is 6.54. The van der Waals surface area contributed by atoms with E-state index >= 15 is 0 Å². The minimum atomic E-state index is -0.0882. The summed E-state index contributed by atoms with van der Waals surface area (Å²) in [6.07, 6.45) is 3.99. The number of carbonyl (C=O) groups is 1. The number of aryl methyl sites for hydroxylation is 1. The molecule has 7 nitrogen and oxygen atoms in total. The molecule has 1 aliphatic heterocycles. The fourth-order valence-corrected chi connectivity index (χ4v) is 3.80. The minimum Gasteiger partial charge on any atom is -0.384 e. The molecule has 1 fully saturated rings. The molecule has 0 radical (unpaired) electrons. The monoisotopic (exact) mass is 423 g/mol. The van der Waals surface area contributed by atoms with Crippen LogP contribution >= 0.6 is 11.6 Å². The Hall–Kier alpha value is -3.03. The van der Waals surface area contributed by atoms with Crippen LogP contribution in [0.5, 0.6) is 0 Å². The number of aromatic nitrogens is 3. The molecular weight excluding hydrogens is 402 g/mol. The smallest absolute Gasteiger partial charge is 0.255 e. The zero-order chi connectivity index (χ0) is 21.1. The number of hydrogen-bond donors (Lipinski definition) is 1. The van der Waals surface area contributed by atoms with Gasteiger partial charge in [0.2, 0.25) is 0 Å². The van der Waals surface area contributed by atoms with Gasteiger partial charge >= 0.3 is 0 Å². The Kier molecular flexibility index (Phi) is 5.92. The van der Waals surface area contributed by atoms with Gasteiger partial charge in [0.25, 0.3) is 5.91 Å². The summed E-state index contributed by atoms with van der Waals surface area (Å²) < 4.78 is 5.32. The number of ether oxygens (including phenoxy) is 1. The van der Waals surface area contributed by atoms with Crippen molar-refractivity contribution >= 4 is 23.3 Å². The van der Waals surface area contributed by atoms with Gasteiger partial charge < -0.3 is 15.4 Å². The molecule has 1 amide bonds. The standard InChI is InChI=1S/C22H22ClN5O2/c1-2-18-20(15-4-6-19(24)25-12-15)21(27-13-26-18)14-3-5-16(17(23)11-14)22(29)28-7-9-30-10-8-28/h3-6,11-13H,2,7-10H2,1H3,(H2,24,25). The first-order valence-electron chi connectivity index (χ1n) is 9.81. The maximum Gasteiger partial charge on any atom is 0.255 e.